The van der Waals surface area contributed by atoms with E-state index in [1.807, 2.05) is 30.3 Å². The van der Waals surface area contributed by atoms with Gasteiger partial charge < -0.3 is 33.2 Å². The number of hydrogen-bond acceptors (Lipinski definition) is 8. The molecule has 0 aliphatic carbocycles. The maximum absolute atomic E-state index is 10.6. The average Bonchev–Trinajstić information content (AvgIpc) is 2.88. The molecule has 0 aromatic heterocycles. The highest BCUT2D eigenvalue weighted by Crippen LogP contribution is 2.10. The molecule has 8 heteroatoms. The van der Waals surface area contributed by atoms with Crippen LogP contribution in [0.2, 0.25) is 0 Å². The van der Waals surface area contributed by atoms with Crippen LogP contribution in [0.1, 0.15) is 15.9 Å². The predicted octanol–water partition coefficient (Wildman–Crippen LogP) is 3.18. The van der Waals surface area contributed by atoms with Gasteiger partial charge in [0.2, 0.25) is 0 Å². The van der Waals surface area contributed by atoms with Gasteiger partial charge in [-0.3, -0.25) is 4.79 Å². The lowest BCUT2D eigenvalue weighted by atomic mass is 10.2. The SMILES string of the molecule is O=Cc1ccc(OCCOCCOCCOCCOCCOCCOCc2ccccc2)cc1. The number of carbonyl (C=O) groups is 1. The fourth-order valence-electron chi connectivity index (χ4n) is 2.72. The highest BCUT2D eigenvalue weighted by atomic mass is 16.6. The second-order valence-electron chi connectivity index (χ2n) is 7.14. The Hall–Kier alpha value is -2.33. The molecule has 188 valence electrons. The Bertz CT molecular complexity index is 723. The zero-order valence-corrected chi connectivity index (χ0v) is 19.7. The highest BCUT2D eigenvalue weighted by Gasteiger charge is 1.97. The standard InChI is InChI=1S/C26H36O8/c27-22-24-6-8-26(9-7-24)34-21-20-32-17-16-30-13-12-28-10-11-29-14-15-31-18-19-33-23-25-4-2-1-3-5-25/h1-9,22H,10-21,23H2. The monoisotopic (exact) mass is 476 g/mol. The van der Waals surface area contributed by atoms with Gasteiger partial charge in [0.15, 0.2) is 0 Å². The molecule has 0 aliphatic heterocycles. The van der Waals surface area contributed by atoms with Crippen LogP contribution in [-0.2, 0) is 35.0 Å². The maximum Gasteiger partial charge on any atom is 0.150 e. The van der Waals surface area contributed by atoms with E-state index in [0.29, 0.717) is 97.2 Å². The Labute approximate surface area is 202 Å². The van der Waals surface area contributed by atoms with E-state index in [2.05, 4.69) is 0 Å². The summed E-state index contributed by atoms with van der Waals surface area (Å²) in [5.74, 6) is 0.711. The number of hydrogen-bond donors (Lipinski definition) is 0. The summed E-state index contributed by atoms with van der Waals surface area (Å²) in [5.41, 5.74) is 1.78. The van der Waals surface area contributed by atoms with Crippen molar-refractivity contribution in [2.75, 3.05) is 79.3 Å². The van der Waals surface area contributed by atoms with Gasteiger partial charge in [0.1, 0.15) is 18.6 Å². The number of rotatable bonds is 22. The summed E-state index contributed by atoms with van der Waals surface area (Å²) in [6.45, 7) is 6.75. The lowest BCUT2D eigenvalue weighted by molar-refractivity contribution is -0.0186. The molecule has 0 aliphatic rings. The van der Waals surface area contributed by atoms with Crippen LogP contribution in [0.5, 0.6) is 5.75 Å². The fraction of sp³-hybridized carbons (Fsp3) is 0.500. The van der Waals surface area contributed by atoms with E-state index in [1.54, 1.807) is 24.3 Å². The third-order valence-corrected chi connectivity index (χ3v) is 4.48. The summed E-state index contributed by atoms with van der Waals surface area (Å²) in [6, 6.07) is 17.0. The molecule has 2 aromatic rings. The van der Waals surface area contributed by atoms with Crippen LogP contribution < -0.4 is 4.74 Å². The van der Waals surface area contributed by atoms with Crippen LogP contribution in [-0.4, -0.2) is 85.6 Å². The van der Waals surface area contributed by atoms with Crippen LogP contribution in [0, 0.1) is 0 Å². The molecule has 0 heterocycles. The van der Waals surface area contributed by atoms with E-state index in [0.717, 1.165) is 11.8 Å². The number of ether oxygens (including phenoxy) is 7. The number of aldehydes is 1. The van der Waals surface area contributed by atoms with Gasteiger partial charge in [-0.15, -0.1) is 0 Å². The molecule has 0 radical (unpaired) electrons. The molecular weight excluding hydrogens is 440 g/mol. The minimum atomic E-state index is 0.441. The summed E-state index contributed by atoms with van der Waals surface area (Å²) in [7, 11) is 0. The third kappa shape index (κ3) is 14.7. The highest BCUT2D eigenvalue weighted by molar-refractivity contribution is 5.74. The van der Waals surface area contributed by atoms with Gasteiger partial charge in [-0.1, -0.05) is 30.3 Å². The minimum Gasteiger partial charge on any atom is -0.491 e. The average molecular weight is 477 g/mol. The van der Waals surface area contributed by atoms with Crippen LogP contribution in [0.4, 0.5) is 0 Å². The number of benzene rings is 2. The molecule has 0 amide bonds. The van der Waals surface area contributed by atoms with Crippen LogP contribution in [0.3, 0.4) is 0 Å². The van der Waals surface area contributed by atoms with Crippen molar-refractivity contribution >= 4 is 6.29 Å². The summed E-state index contributed by atoms with van der Waals surface area (Å²) in [6.07, 6.45) is 0.801. The molecule has 0 fully saturated rings. The van der Waals surface area contributed by atoms with Crippen molar-refractivity contribution in [3.8, 4) is 5.75 Å². The lowest BCUT2D eigenvalue weighted by Gasteiger charge is -2.09. The third-order valence-electron chi connectivity index (χ3n) is 4.48. The Morgan fingerprint density at radius 3 is 1.41 bits per heavy atom. The summed E-state index contributed by atoms with van der Waals surface area (Å²) < 4.78 is 38.3. The number of carbonyl (C=O) groups excluding carboxylic acids is 1. The molecule has 2 rings (SSSR count). The van der Waals surface area contributed by atoms with Crippen molar-refractivity contribution < 1.29 is 38.0 Å². The second kappa shape index (κ2) is 20.1. The van der Waals surface area contributed by atoms with E-state index < -0.39 is 0 Å². The quantitative estimate of drug-likeness (QED) is 0.189. The van der Waals surface area contributed by atoms with E-state index in [-0.39, 0.29) is 0 Å². The first kappa shape index (κ1) is 27.9. The summed E-state index contributed by atoms with van der Waals surface area (Å²) in [5, 5.41) is 0. The van der Waals surface area contributed by atoms with Gasteiger partial charge >= 0.3 is 0 Å². The molecule has 0 saturated heterocycles. The van der Waals surface area contributed by atoms with Gasteiger partial charge in [-0.25, -0.2) is 0 Å². The fourth-order valence-corrected chi connectivity index (χ4v) is 2.72. The Morgan fingerprint density at radius 1 is 0.500 bits per heavy atom. The van der Waals surface area contributed by atoms with Crippen molar-refractivity contribution in [1.82, 2.24) is 0 Å². The zero-order chi connectivity index (χ0) is 23.9. The summed E-state index contributed by atoms with van der Waals surface area (Å²) in [4.78, 5) is 10.6. The van der Waals surface area contributed by atoms with Crippen LogP contribution >= 0.6 is 0 Å². The van der Waals surface area contributed by atoms with E-state index >= 15 is 0 Å². The zero-order valence-electron chi connectivity index (χ0n) is 19.7. The Kier molecular flexibility index (Phi) is 16.5. The van der Waals surface area contributed by atoms with Crippen LogP contribution in [0.25, 0.3) is 0 Å². The molecule has 2 aromatic carbocycles. The topological polar surface area (TPSA) is 81.7 Å². The smallest absolute Gasteiger partial charge is 0.150 e. The summed E-state index contributed by atoms with van der Waals surface area (Å²) >= 11 is 0. The normalized spacial score (nSPS) is 10.9. The van der Waals surface area contributed by atoms with E-state index in [1.165, 1.54) is 0 Å². The molecule has 0 unspecified atom stereocenters. The molecular formula is C26H36O8. The molecule has 0 atom stereocenters. The maximum atomic E-state index is 10.6. The van der Waals surface area contributed by atoms with E-state index in [9.17, 15) is 4.79 Å². The van der Waals surface area contributed by atoms with Gasteiger partial charge in [-0.2, -0.15) is 0 Å². The van der Waals surface area contributed by atoms with Crippen LogP contribution in [0.15, 0.2) is 54.6 Å². The van der Waals surface area contributed by atoms with E-state index in [4.69, 9.17) is 33.2 Å². The largest absolute Gasteiger partial charge is 0.491 e. The molecule has 34 heavy (non-hydrogen) atoms. The van der Waals surface area contributed by atoms with Gasteiger partial charge in [0, 0.05) is 5.56 Å². The Balaban J connectivity index is 1.23. The molecule has 0 bridgehead atoms. The van der Waals surface area contributed by atoms with Crippen molar-refractivity contribution in [2.45, 2.75) is 6.61 Å². The molecule has 0 N–H and O–H groups in total. The predicted molar refractivity (Wildman–Crippen MR) is 128 cm³/mol. The van der Waals surface area contributed by atoms with Crippen molar-refractivity contribution in [3.05, 3.63) is 65.7 Å². The van der Waals surface area contributed by atoms with Gasteiger partial charge in [-0.05, 0) is 29.8 Å². The first-order valence-electron chi connectivity index (χ1n) is 11.6. The molecule has 0 spiro atoms. The lowest BCUT2D eigenvalue weighted by Crippen LogP contribution is -2.14. The van der Waals surface area contributed by atoms with Gasteiger partial charge in [0.25, 0.3) is 0 Å². The first-order chi connectivity index (χ1) is 16.9. The minimum absolute atomic E-state index is 0.441. The van der Waals surface area contributed by atoms with Crippen molar-refractivity contribution in [3.63, 3.8) is 0 Å². The van der Waals surface area contributed by atoms with Crippen molar-refractivity contribution in [1.29, 1.82) is 0 Å². The Morgan fingerprint density at radius 2 is 0.941 bits per heavy atom. The molecule has 0 saturated carbocycles. The van der Waals surface area contributed by atoms with Gasteiger partial charge in [0.05, 0.1) is 79.3 Å². The second-order valence-corrected chi connectivity index (χ2v) is 7.14. The van der Waals surface area contributed by atoms with Crippen molar-refractivity contribution in [2.24, 2.45) is 0 Å². The first-order valence-corrected chi connectivity index (χ1v) is 11.6. The molecule has 8 nitrogen and oxygen atoms in total.